The van der Waals surface area contributed by atoms with Crippen molar-refractivity contribution in [2.75, 3.05) is 10.6 Å². The number of carbonyl (C=O) groups is 1. The van der Waals surface area contributed by atoms with E-state index in [9.17, 15) is 4.79 Å². The number of nitrogens with one attached hydrogen (secondary N) is 2. The molecule has 1 atom stereocenters. The third-order valence-electron chi connectivity index (χ3n) is 5.49. The molecule has 0 aromatic heterocycles. The molecule has 0 radical (unpaired) electrons. The van der Waals surface area contributed by atoms with E-state index < -0.39 is 5.54 Å². The molecule has 3 nitrogen and oxygen atoms in total. The van der Waals surface area contributed by atoms with E-state index in [-0.39, 0.29) is 5.91 Å². The van der Waals surface area contributed by atoms with Crippen LogP contribution in [0.4, 0.5) is 11.4 Å². The van der Waals surface area contributed by atoms with Crippen LogP contribution in [0.5, 0.6) is 0 Å². The fourth-order valence-electron chi connectivity index (χ4n) is 4.16. The Kier molecular flexibility index (Phi) is 3.87. The van der Waals surface area contributed by atoms with Gasteiger partial charge >= 0.3 is 0 Å². The van der Waals surface area contributed by atoms with Gasteiger partial charge < -0.3 is 10.6 Å². The van der Waals surface area contributed by atoms with Crippen LogP contribution in [-0.4, -0.2) is 5.91 Å². The molecule has 0 fully saturated rings. The molecule has 2 N–H and O–H groups in total. The van der Waals surface area contributed by atoms with Crippen molar-refractivity contribution < 1.29 is 4.79 Å². The standard InChI is InChI=1S/C25H20N2O/c28-24-25(27-20-12-2-1-3-13-20,22-15-6-7-16-23(22)26-24)17-19-11-8-10-18-9-4-5-14-21(18)19/h1-16,27H,17H2,(H,26,28)/t25-/m1/s1. The number of hydrogen-bond acceptors (Lipinski definition) is 2. The summed E-state index contributed by atoms with van der Waals surface area (Å²) in [6, 6.07) is 32.5. The highest BCUT2D eigenvalue weighted by Crippen LogP contribution is 2.41. The molecule has 0 spiro atoms. The Morgan fingerprint density at radius 2 is 1.46 bits per heavy atom. The van der Waals surface area contributed by atoms with Crippen molar-refractivity contribution in [1.29, 1.82) is 0 Å². The minimum absolute atomic E-state index is 0.0227. The highest BCUT2D eigenvalue weighted by molar-refractivity contribution is 6.08. The molecule has 1 heterocycles. The second-order valence-corrected chi connectivity index (χ2v) is 7.21. The summed E-state index contributed by atoms with van der Waals surface area (Å²) in [5.41, 5.74) is 3.07. The molecule has 0 bridgehead atoms. The molecule has 4 aromatic rings. The quantitative estimate of drug-likeness (QED) is 0.513. The number of anilines is 2. The Morgan fingerprint density at radius 3 is 2.36 bits per heavy atom. The summed E-state index contributed by atoms with van der Waals surface area (Å²) >= 11 is 0. The molecule has 0 aliphatic carbocycles. The van der Waals surface area contributed by atoms with Crippen molar-refractivity contribution in [3.63, 3.8) is 0 Å². The Hall–Kier alpha value is -3.59. The van der Waals surface area contributed by atoms with Gasteiger partial charge in [0.2, 0.25) is 0 Å². The fourth-order valence-corrected chi connectivity index (χ4v) is 4.16. The maximum Gasteiger partial charge on any atom is 0.255 e. The third-order valence-corrected chi connectivity index (χ3v) is 5.49. The van der Waals surface area contributed by atoms with Gasteiger partial charge in [-0.25, -0.2) is 0 Å². The van der Waals surface area contributed by atoms with Crippen molar-refractivity contribution in [2.45, 2.75) is 12.0 Å². The SMILES string of the molecule is O=C1Nc2ccccc2[C@@]1(Cc1cccc2ccccc12)Nc1ccccc1. The molecule has 3 heteroatoms. The average molecular weight is 364 g/mol. The van der Waals surface area contributed by atoms with Gasteiger partial charge in [0.05, 0.1) is 0 Å². The van der Waals surface area contributed by atoms with Gasteiger partial charge in [0.25, 0.3) is 5.91 Å². The van der Waals surface area contributed by atoms with Crippen LogP contribution < -0.4 is 10.6 Å². The number of rotatable bonds is 4. The fraction of sp³-hybridized carbons (Fsp3) is 0.0800. The van der Waals surface area contributed by atoms with E-state index in [0.29, 0.717) is 6.42 Å². The van der Waals surface area contributed by atoms with Crippen LogP contribution in [0, 0.1) is 0 Å². The molecule has 5 rings (SSSR count). The molecular weight excluding hydrogens is 344 g/mol. The maximum atomic E-state index is 13.3. The first kappa shape index (κ1) is 16.6. The zero-order chi connectivity index (χ0) is 19.0. The summed E-state index contributed by atoms with van der Waals surface area (Å²) in [5.74, 6) is -0.0227. The third kappa shape index (κ3) is 2.64. The van der Waals surface area contributed by atoms with Crippen molar-refractivity contribution in [1.82, 2.24) is 0 Å². The number of benzene rings is 4. The minimum atomic E-state index is -0.859. The first-order valence-electron chi connectivity index (χ1n) is 9.47. The lowest BCUT2D eigenvalue weighted by Crippen LogP contribution is -2.44. The summed E-state index contributed by atoms with van der Waals surface area (Å²) in [4.78, 5) is 13.3. The van der Waals surface area contributed by atoms with Crippen LogP contribution >= 0.6 is 0 Å². The Bertz CT molecular complexity index is 1160. The lowest BCUT2D eigenvalue weighted by atomic mass is 9.83. The Labute approximate surface area is 164 Å². The van der Waals surface area contributed by atoms with E-state index in [1.54, 1.807) is 0 Å². The zero-order valence-electron chi connectivity index (χ0n) is 15.4. The highest BCUT2D eigenvalue weighted by Gasteiger charge is 2.47. The number of para-hydroxylation sites is 2. The van der Waals surface area contributed by atoms with Gasteiger partial charge in [-0.3, -0.25) is 4.79 Å². The number of amides is 1. The van der Waals surface area contributed by atoms with Gasteiger partial charge in [-0.15, -0.1) is 0 Å². The predicted molar refractivity (Wildman–Crippen MR) is 114 cm³/mol. The van der Waals surface area contributed by atoms with Gasteiger partial charge in [0.15, 0.2) is 0 Å². The predicted octanol–water partition coefficient (Wildman–Crippen LogP) is 5.34. The second-order valence-electron chi connectivity index (χ2n) is 7.21. The number of fused-ring (bicyclic) bond motifs is 2. The molecule has 0 saturated heterocycles. The van der Waals surface area contributed by atoms with Gasteiger partial charge in [0.1, 0.15) is 5.54 Å². The van der Waals surface area contributed by atoms with Gasteiger partial charge in [-0.1, -0.05) is 78.9 Å². The molecule has 1 amide bonds. The first-order chi connectivity index (χ1) is 13.8. The van der Waals surface area contributed by atoms with Gasteiger partial charge in [-0.05, 0) is 34.5 Å². The smallest absolute Gasteiger partial charge is 0.255 e. The van der Waals surface area contributed by atoms with Crippen LogP contribution in [0.15, 0.2) is 97.1 Å². The minimum Gasteiger partial charge on any atom is -0.367 e. The van der Waals surface area contributed by atoms with Crippen molar-refractivity contribution >= 4 is 28.1 Å². The van der Waals surface area contributed by atoms with Crippen molar-refractivity contribution in [2.24, 2.45) is 0 Å². The second kappa shape index (κ2) is 6.54. The van der Waals surface area contributed by atoms with E-state index in [2.05, 4.69) is 41.0 Å². The summed E-state index contributed by atoms with van der Waals surface area (Å²) in [6.45, 7) is 0. The summed E-state index contributed by atoms with van der Waals surface area (Å²) in [7, 11) is 0. The van der Waals surface area contributed by atoms with Crippen LogP contribution in [0.25, 0.3) is 10.8 Å². The molecule has 4 aromatic carbocycles. The van der Waals surface area contributed by atoms with Crippen molar-refractivity contribution in [3.8, 4) is 0 Å². The average Bonchev–Trinajstić information content (AvgIpc) is 3.00. The van der Waals surface area contributed by atoms with Crippen molar-refractivity contribution in [3.05, 3.63) is 108 Å². The number of hydrogen-bond donors (Lipinski definition) is 2. The topological polar surface area (TPSA) is 41.1 Å². The van der Waals surface area contributed by atoms with E-state index >= 15 is 0 Å². The molecule has 28 heavy (non-hydrogen) atoms. The molecule has 0 unspecified atom stereocenters. The van der Waals surface area contributed by atoms with Crippen LogP contribution in [0.1, 0.15) is 11.1 Å². The maximum absolute atomic E-state index is 13.3. The summed E-state index contributed by atoms with van der Waals surface area (Å²) in [5, 5.41) is 9.00. The first-order valence-corrected chi connectivity index (χ1v) is 9.47. The molecule has 1 aliphatic rings. The van der Waals surface area contributed by atoms with E-state index in [1.807, 2.05) is 66.7 Å². The van der Waals surface area contributed by atoms with Crippen LogP contribution in [0.2, 0.25) is 0 Å². The van der Waals surface area contributed by atoms with Crippen LogP contribution in [0.3, 0.4) is 0 Å². The lowest BCUT2D eigenvalue weighted by molar-refractivity contribution is -0.119. The van der Waals surface area contributed by atoms with Gasteiger partial charge in [0, 0.05) is 23.4 Å². The number of carbonyl (C=O) groups excluding carboxylic acids is 1. The summed E-state index contributed by atoms with van der Waals surface area (Å²) in [6.07, 6.45) is 0.562. The Balaban J connectivity index is 1.68. The molecular formula is C25H20N2O. The summed E-state index contributed by atoms with van der Waals surface area (Å²) < 4.78 is 0. The molecule has 0 saturated carbocycles. The lowest BCUT2D eigenvalue weighted by Gasteiger charge is -2.30. The van der Waals surface area contributed by atoms with E-state index in [0.717, 1.165) is 22.5 Å². The monoisotopic (exact) mass is 364 g/mol. The normalized spacial score (nSPS) is 17.9. The largest absolute Gasteiger partial charge is 0.367 e. The van der Waals surface area contributed by atoms with E-state index in [1.165, 1.54) is 10.8 Å². The van der Waals surface area contributed by atoms with E-state index in [4.69, 9.17) is 0 Å². The Morgan fingerprint density at radius 1 is 0.750 bits per heavy atom. The highest BCUT2D eigenvalue weighted by atomic mass is 16.2. The molecule has 136 valence electrons. The van der Waals surface area contributed by atoms with Gasteiger partial charge in [-0.2, -0.15) is 0 Å². The van der Waals surface area contributed by atoms with Crippen LogP contribution in [-0.2, 0) is 16.8 Å². The molecule has 1 aliphatic heterocycles. The zero-order valence-corrected chi connectivity index (χ0v) is 15.4.